The van der Waals surface area contributed by atoms with Gasteiger partial charge in [0.15, 0.2) is 11.2 Å². The molecule has 0 fully saturated rings. The Labute approximate surface area is 163 Å². The summed E-state index contributed by atoms with van der Waals surface area (Å²) in [6.45, 7) is 0.366. The average molecular weight is 389 g/mol. The monoisotopic (exact) mass is 388 g/mol. The second kappa shape index (κ2) is 6.54. The smallest absolute Gasteiger partial charge is 0.280 e. The number of halogens is 1. The molecule has 8 heteroatoms. The minimum absolute atomic E-state index is 0.235. The molecule has 0 unspecified atom stereocenters. The normalized spacial score (nSPS) is 11.3. The zero-order chi connectivity index (χ0) is 19.1. The van der Waals surface area contributed by atoms with Crippen molar-refractivity contribution in [1.82, 2.24) is 29.4 Å². The summed E-state index contributed by atoms with van der Waals surface area (Å²) in [5, 5.41) is 13.5. The molecule has 0 N–H and O–H groups in total. The van der Waals surface area contributed by atoms with Gasteiger partial charge in [0, 0.05) is 23.0 Å². The van der Waals surface area contributed by atoms with Gasteiger partial charge in [0.25, 0.3) is 5.56 Å². The number of fused-ring (bicyclic) bond motifs is 3. The van der Waals surface area contributed by atoms with E-state index in [-0.39, 0.29) is 11.1 Å². The fraction of sp³-hybridized carbons (Fsp3) is 0.0500. The summed E-state index contributed by atoms with van der Waals surface area (Å²) in [6.07, 6.45) is 5.14. The van der Waals surface area contributed by atoms with Gasteiger partial charge in [0.05, 0.1) is 18.4 Å². The highest BCUT2D eigenvalue weighted by atomic mass is 35.5. The molecule has 0 aliphatic rings. The van der Waals surface area contributed by atoms with E-state index in [2.05, 4.69) is 20.3 Å². The summed E-state index contributed by atoms with van der Waals surface area (Å²) in [7, 11) is 0. The molecule has 7 nitrogen and oxygen atoms in total. The topological polar surface area (TPSA) is 78.0 Å². The molecule has 4 heterocycles. The van der Waals surface area contributed by atoms with Crippen molar-refractivity contribution in [3.8, 4) is 11.1 Å². The lowest BCUT2D eigenvalue weighted by Gasteiger charge is -2.07. The molecule has 28 heavy (non-hydrogen) atoms. The minimum atomic E-state index is -0.235. The number of pyridine rings is 2. The van der Waals surface area contributed by atoms with Crippen LogP contribution >= 0.6 is 11.6 Å². The molecule has 1 aromatic carbocycles. The van der Waals surface area contributed by atoms with Gasteiger partial charge in [-0.25, -0.2) is 4.52 Å². The van der Waals surface area contributed by atoms with Crippen LogP contribution in [0.5, 0.6) is 0 Å². The van der Waals surface area contributed by atoms with Gasteiger partial charge >= 0.3 is 0 Å². The lowest BCUT2D eigenvalue weighted by Crippen LogP contribution is -2.22. The van der Waals surface area contributed by atoms with Crippen LogP contribution in [0.3, 0.4) is 0 Å². The molecule has 4 aromatic heterocycles. The van der Waals surface area contributed by atoms with Gasteiger partial charge in [-0.05, 0) is 35.9 Å². The first kappa shape index (κ1) is 16.6. The van der Waals surface area contributed by atoms with E-state index in [1.54, 1.807) is 27.7 Å². The number of rotatable bonds is 3. The average Bonchev–Trinajstić information content (AvgIpc) is 3.16. The van der Waals surface area contributed by atoms with Crippen molar-refractivity contribution >= 4 is 28.3 Å². The Morgan fingerprint density at radius 1 is 1.00 bits per heavy atom. The Morgan fingerprint density at radius 2 is 1.86 bits per heavy atom. The Kier molecular flexibility index (Phi) is 3.87. The van der Waals surface area contributed by atoms with Crippen molar-refractivity contribution in [3.05, 3.63) is 88.2 Å². The fourth-order valence-electron chi connectivity index (χ4n) is 3.15. The summed E-state index contributed by atoms with van der Waals surface area (Å²) in [6, 6.07) is 14.8. The van der Waals surface area contributed by atoms with Gasteiger partial charge in [0.1, 0.15) is 5.52 Å². The Hall–Kier alpha value is -3.58. The molecule has 0 aliphatic carbocycles. The molecule has 0 saturated carbocycles. The third kappa shape index (κ3) is 2.73. The molecule has 0 atom stereocenters. The molecule has 0 amide bonds. The van der Waals surface area contributed by atoms with Crippen molar-refractivity contribution in [2.75, 3.05) is 0 Å². The third-order valence-corrected chi connectivity index (χ3v) is 4.80. The van der Waals surface area contributed by atoms with Crippen LogP contribution in [0.25, 0.3) is 27.8 Å². The Balaban J connectivity index is 1.64. The molecule has 0 aliphatic heterocycles. The van der Waals surface area contributed by atoms with Crippen LogP contribution in [0, 0.1) is 0 Å². The third-order valence-electron chi connectivity index (χ3n) is 4.55. The maximum absolute atomic E-state index is 12.9. The molecule has 0 radical (unpaired) electrons. The molecule has 0 bridgehead atoms. The predicted octanol–water partition coefficient (Wildman–Crippen LogP) is 3.20. The first-order valence-electron chi connectivity index (χ1n) is 8.60. The minimum Gasteiger partial charge on any atom is -0.307 e. The molecular weight excluding hydrogens is 376 g/mol. The summed E-state index contributed by atoms with van der Waals surface area (Å²) in [5.74, 6) is 0. The van der Waals surface area contributed by atoms with E-state index in [4.69, 9.17) is 11.6 Å². The molecule has 5 rings (SSSR count). The number of nitrogens with zero attached hydrogens (tertiary/aromatic N) is 6. The van der Waals surface area contributed by atoms with Crippen LogP contribution in [0.4, 0.5) is 0 Å². The fourth-order valence-corrected chi connectivity index (χ4v) is 3.28. The number of aromatic nitrogens is 6. The molecule has 5 aromatic rings. The van der Waals surface area contributed by atoms with Crippen LogP contribution < -0.4 is 5.56 Å². The van der Waals surface area contributed by atoms with Crippen LogP contribution in [-0.2, 0) is 6.54 Å². The highest BCUT2D eigenvalue weighted by molar-refractivity contribution is 6.30. The lowest BCUT2D eigenvalue weighted by atomic mass is 10.1. The Morgan fingerprint density at radius 3 is 2.64 bits per heavy atom. The first-order valence-corrected chi connectivity index (χ1v) is 8.98. The van der Waals surface area contributed by atoms with Crippen LogP contribution in [0.2, 0.25) is 5.02 Å². The van der Waals surface area contributed by atoms with Gasteiger partial charge < -0.3 is 4.57 Å². The van der Waals surface area contributed by atoms with Gasteiger partial charge in [-0.1, -0.05) is 29.8 Å². The highest BCUT2D eigenvalue weighted by Gasteiger charge is 2.14. The summed E-state index contributed by atoms with van der Waals surface area (Å²) < 4.78 is 3.20. The van der Waals surface area contributed by atoms with Crippen molar-refractivity contribution in [2.24, 2.45) is 0 Å². The quantitative estimate of drug-likeness (QED) is 0.474. The van der Waals surface area contributed by atoms with Crippen LogP contribution in [0.15, 0.2) is 71.9 Å². The number of hydrogen-bond donors (Lipinski definition) is 0. The van der Waals surface area contributed by atoms with E-state index in [0.29, 0.717) is 22.7 Å². The molecule has 0 saturated heterocycles. The summed E-state index contributed by atoms with van der Waals surface area (Å²) >= 11 is 5.97. The van der Waals surface area contributed by atoms with Gasteiger partial charge in [-0.3, -0.25) is 9.78 Å². The molecule has 136 valence electrons. The maximum atomic E-state index is 12.9. The largest absolute Gasteiger partial charge is 0.307 e. The van der Waals surface area contributed by atoms with Crippen molar-refractivity contribution in [3.63, 3.8) is 0 Å². The van der Waals surface area contributed by atoms with Crippen LogP contribution in [-0.4, -0.2) is 29.4 Å². The zero-order valence-corrected chi connectivity index (χ0v) is 15.3. The maximum Gasteiger partial charge on any atom is 0.280 e. The van der Waals surface area contributed by atoms with Crippen molar-refractivity contribution in [2.45, 2.75) is 6.54 Å². The van der Waals surface area contributed by atoms with E-state index in [1.807, 2.05) is 48.5 Å². The van der Waals surface area contributed by atoms with Crippen LogP contribution in [0.1, 0.15) is 5.69 Å². The lowest BCUT2D eigenvalue weighted by molar-refractivity contribution is 0.741. The van der Waals surface area contributed by atoms with E-state index >= 15 is 0 Å². The highest BCUT2D eigenvalue weighted by Crippen LogP contribution is 2.25. The molecule has 0 spiro atoms. The van der Waals surface area contributed by atoms with Gasteiger partial charge in [-0.15, -0.1) is 10.2 Å². The first-order chi connectivity index (χ1) is 13.7. The Bertz CT molecular complexity index is 1360. The molecular formula is C20H13ClN6O. The van der Waals surface area contributed by atoms with Crippen molar-refractivity contribution in [1.29, 1.82) is 0 Å². The van der Waals surface area contributed by atoms with E-state index in [1.165, 1.54) is 0 Å². The van der Waals surface area contributed by atoms with Gasteiger partial charge in [0.2, 0.25) is 0 Å². The summed E-state index contributed by atoms with van der Waals surface area (Å²) in [5.41, 5.74) is 3.75. The standard InChI is InChI=1S/C20H13ClN6O/c21-14-6-4-13(5-7-14)16-11-23-27-17-8-10-26(12-15-3-1-2-9-22-15)20(28)18(17)24-25-19(16)27/h1-11H,12H2. The van der Waals surface area contributed by atoms with Crippen molar-refractivity contribution < 1.29 is 0 Å². The number of benzene rings is 1. The van der Waals surface area contributed by atoms with E-state index in [0.717, 1.165) is 16.8 Å². The van der Waals surface area contributed by atoms with E-state index < -0.39 is 0 Å². The predicted molar refractivity (Wildman–Crippen MR) is 106 cm³/mol. The second-order valence-electron chi connectivity index (χ2n) is 6.30. The second-order valence-corrected chi connectivity index (χ2v) is 6.74. The van der Waals surface area contributed by atoms with Gasteiger partial charge in [-0.2, -0.15) is 5.10 Å². The number of hydrogen-bond acceptors (Lipinski definition) is 5. The van der Waals surface area contributed by atoms with E-state index in [9.17, 15) is 4.79 Å². The summed E-state index contributed by atoms with van der Waals surface area (Å²) in [4.78, 5) is 17.1. The zero-order valence-electron chi connectivity index (χ0n) is 14.5. The SMILES string of the molecule is O=c1c2nnc3c(-c4ccc(Cl)cc4)cnn3c2ccn1Cc1ccccn1.